The maximum atomic E-state index is 5.53. The lowest BCUT2D eigenvalue weighted by Gasteiger charge is -2.05. The number of halogens is 1. The van der Waals surface area contributed by atoms with Crippen molar-refractivity contribution < 1.29 is 0 Å². The number of hydrogen-bond donors (Lipinski definition) is 2. The van der Waals surface area contributed by atoms with Crippen LogP contribution in [0.25, 0.3) is 0 Å². The van der Waals surface area contributed by atoms with Crippen molar-refractivity contribution >= 4 is 27.6 Å². The number of nitrogens with zero attached hydrogens (tertiary/aromatic N) is 2. The van der Waals surface area contributed by atoms with E-state index in [-0.39, 0.29) is 0 Å². The van der Waals surface area contributed by atoms with Gasteiger partial charge in [0, 0.05) is 11.0 Å². The number of hydrogen-bond acceptors (Lipinski definition) is 4. The Kier molecular flexibility index (Phi) is 3.36. The van der Waals surface area contributed by atoms with Crippen LogP contribution in [0.3, 0.4) is 0 Å². The fourth-order valence-corrected chi connectivity index (χ4v) is 1.75. The van der Waals surface area contributed by atoms with Crippen molar-refractivity contribution in [2.45, 2.75) is 6.54 Å². The zero-order valence-corrected chi connectivity index (χ0v) is 10.1. The molecule has 1 heterocycles. The summed E-state index contributed by atoms with van der Waals surface area (Å²) in [7, 11) is 0. The normalized spacial score (nSPS) is 10.1. The van der Waals surface area contributed by atoms with Crippen LogP contribution in [0.15, 0.2) is 41.1 Å². The number of rotatable bonds is 3. The molecule has 82 valence electrons. The minimum absolute atomic E-state index is 0.416. The summed E-state index contributed by atoms with van der Waals surface area (Å²) >= 11 is 3.42. The fraction of sp³-hybridized carbons (Fsp3) is 0.0909. The number of aromatic nitrogens is 2. The number of nitrogens with one attached hydrogen (secondary N) is 1. The van der Waals surface area contributed by atoms with E-state index in [1.165, 1.54) is 11.8 Å². The molecule has 5 heteroatoms. The van der Waals surface area contributed by atoms with Crippen LogP contribution in [0, 0.1) is 0 Å². The van der Waals surface area contributed by atoms with Crippen molar-refractivity contribution in [1.82, 2.24) is 9.97 Å². The topological polar surface area (TPSA) is 63.8 Å². The molecule has 0 aliphatic rings. The van der Waals surface area contributed by atoms with Crippen molar-refractivity contribution in [3.8, 4) is 0 Å². The Labute approximate surface area is 102 Å². The maximum Gasteiger partial charge on any atom is 0.147 e. The van der Waals surface area contributed by atoms with Gasteiger partial charge in [-0.1, -0.05) is 28.1 Å². The molecule has 1 aromatic carbocycles. The van der Waals surface area contributed by atoms with E-state index in [2.05, 4.69) is 31.2 Å². The molecule has 0 aliphatic carbocycles. The second-order valence-electron chi connectivity index (χ2n) is 3.31. The summed E-state index contributed by atoms with van der Waals surface area (Å²) < 4.78 is 1.06. The van der Waals surface area contributed by atoms with Crippen LogP contribution < -0.4 is 11.1 Å². The molecule has 0 unspecified atom stereocenters. The van der Waals surface area contributed by atoms with Crippen molar-refractivity contribution in [3.05, 3.63) is 46.7 Å². The van der Waals surface area contributed by atoms with Gasteiger partial charge in [-0.25, -0.2) is 4.98 Å². The molecule has 2 aromatic rings. The van der Waals surface area contributed by atoms with Gasteiger partial charge in [0.15, 0.2) is 0 Å². The quantitative estimate of drug-likeness (QED) is 0.905. The number of anilines is 2. The van der Waals surface area contributed by atoms with Crippen LogP contribution >= 0.6 is 15.9 Å². The molecule has 2 rings (SSSR count). The van der Waals surface area contributed by atoms with Gasteiger partial charge in [-0.3, -0.25) is 4.98 Å². The van der Waals surface area contributed by atoms with Gasteiger partial charge in [0.2, 0.25) is 0 Å². The maximum absolute atomic E-state index is 5.53. The van der Waals surface area contributed by atoms with Crippen molar-refractivity contribution in [1.29, 1.82) is 0 Å². The summed E-state index contributed by atoms with van der Waals surface area (Å²) in [6.07, 6.45) is 3.17. The highest BCUT2D eigenvalue weighted by atomic mass is 79.9. The molecule has 0 amide bonds. The highest BCUT2D eigenvalue weighted by molar-refractivity contribution is 9.10. The standard InChI is InChI=1S/C11H11BrN4/c12-9-3-1-2-8(4-9)5-15-11-7-14-6-10(13)16-11/h1-4,6-7H,5H2,(H3,13,15,16). The van der Waals surface area contributed by atoms with Crippen LogP contribution in [0.1, 0.15) is 5.56 Å². The smallest absolute Gasteiger partial charge is 0.147 e. The number of nitrogen functional groups attached to an aromatic ring is 1. The molecule has 0 radical (unpaired) electrons. The van der Waals surface area contributed by atoms with Gasteiger partial charge < -0.3 is 11.1 Å². The Balaban J connectivity index is 2.02. The lowest BCUT2D eigenvalue weighted by Crippen LogP contribution is -2.03. The van der Waals surface area contributed by atoms with Crippen LogP contribution in [0.5, 0.6) is 0 Å². The number of benzene rings is 1. The Morgan fingerprint density at radius 2 is 2.19 bits per heavy atom. The summed E-state index contributed by atoms with van der Waals surface area (Å²) in [6.45, 7) is 0.692. The molecule has 0 saturated carbocycles. The van der Waals surface area contributed by atoms with Gasteiger partial charge in [-0.05, 0) is 17.7 Å². The molecule has 0 bridgehead atoms. The van der Waals surface area contributed by atoms with Crippen LogP contribution in [-0.4, -0.2) is 9.97 Å². The lowest BCUT2D eigenvalue weighted by molar-refractivity contribution is 1.09. The van der Waals surface area contributed by atoms with E-state index in [9.17, 15) is 0 Å². The average Bonchev–Trinajstić information content (AvgIpc) is 2.27. The third-order valence-electron chi connectivity index (χ3n) is 2.02. The zero-order valence-electron chi connectivity index (χ0n) is 8.52. The first-order chi connectivity index (χ1) is 7.74. The van der Waals surface area contributed by atoms with E-state index in [0.717, 1.165) is 4.47 Å². The van der Waals surface area contributed by atoms with Gasteiger partial charge in [-0.15, -0.1) is 0 Å². The SMILES string of the molecule is Nc1cncc(NCc2cccc(Br)c2)n1. The molecule has 0 fully saturated rings. The largest absolute Gasteiger partial charge is 0.382 e. The van der Waals surface area contributed by atoms with E-state index >= 15 is 0 Å². The molecule has 0 aliphatic heterocycles. The van der Waals surface area contributed by atoms with E-state index in [0.29, 0.717) is 18.2 Å². The van der Waals surface area contributed by atoms with E-state index in [1.54, 1.807) is 6.20 Å². The fourth-order valence-electron chi connectivity index (χ4n) is 1.31. The predicted octanol–water partition coefficient (Wildman–Crippen LogP) is 2.43. The molecular weight excluding hydrogens is 268 g/mol. The third kappa shape index (κ3) is 2.93. The molecular formula is C11H11BrN4. The Bertz CT molecular complexity index is 441. The Hall–Kier alpha value is -1.62. The van der Waals surface area contributed by atoms with Gasteiger partial charge in [0.05, 0.1) is 12.4 Å². The van der Waals surface area contributed by atoms with Crippen molar-refractivity contribution in [2.24, 2.45) is 0 Å². The molecule has 0 saturated heterocycles. The minimum Gasteiger partial charge on any atom is -0.382 e. The summed E-state index contributed by atoms with van der Waals surface area (Å²) in [5, 5.41) is 3.15. The summed E-state index contributed by atoms with van der Waals surface area (Å²) in [5.41, 5.74) is 6.70. The Morgan fingerprint density at radius 1 is 1.31 bits per heavy atom. The second kappa shape index (κ2) is 4.94. The first-order valence-corrected chi connectivity index (χ1v) is 5.59. The van der Waals surface area contributed by atoms with E-state index < -0.39 is 0 Å². The van der Waals surface area contributed by atoms with Crippen LogP contribution in [0.2, 0.25) is 0 Å². The van der Waals surface area contributed by atoms with Crippen LogP contribution in [-0.2, 0) is 6.54 Å². The molecule has 1 aromatic heterocycles. The first-order valence-electron chi connectivity index (χ1n) is 4.80. The first kappa shape index (κ1) is 10.9. The molecule has 0 spiro atoms. The highest BCUT2D eigenvalue weighted by Gasteiger charge is 1.97. The van der Waals surface area contributed by atoms with Gasteiger partial charge >= 0.3 is 0 Å². The van der Waals surface area contributed by atoms with Gasteiger partial charge in [0.1, 0.15) is 11.6 Å². The predicted molar refractivity (Wildman–Crippen MR) is 67.9 cm³/mol. The third-order valence-corrected chi connectivity index (χ3v) is 2.51. The van der Waals surface area contributed by atoms with Gasteiger partial charge in [0.25, 0.3) is 0 Å². The molecule has 3 N–H and O–H groups in total. The highest BCUT2D eigenvalue weighted by Crippen LogP contribution is 2.13. The second-order valence-corrected chi connectivity index (χ2v) is 4.23. The van der Waals surface area contributed by atoms with Gasteiger partial charge in [-0.2, -0.15) is 0 Å². The minimum atomic E-state index is 0.416. The monoisotopic (exact) mass is 278 g/mol. The van der Waals surface area contributed by atoms with E-state index in [1.807, 2.05) is 24.3 Å². The Morgan fingerprint density at radius 3 is 2.94 bits per heavy atom. The molecule has 0 atom stereocenters. The summed E-state index contributed by atoms with van der Waals surface area (Å²) in [4.78, 5) is 8.06. The zero-order chi connectivity index (χ0) is 11.4. The van der Waals surface area contributed by atoms with E-state index in [4.69, 9.17) is 5.73 Å². The summed E-state index contributed by atoms with van der Waals surface area (Å²) in [6, 6.07) is 8.07. The summed E-state index contributed by atoms with van der Waals surface area (Å²) in [5.74, 6) is 1.10. The van der Waals surface area contributed by atoms with Crippen molar-refractivity contribution in [3.63, 3.8) is 0 Å². The average molecular weight is 279 g/mol. The molecule has 16 heavy (non-hydrogen) atoms. The van der Waals surface area contributed by atoms with Crippen LogP contribution in [0.4, 0.5) is 11.6 Å². The molecule has 4 nitrogen and oxygen atoms in total. The lowest BCUT2D eigenvalue weighted by atomic mass is 10.2. The van der Waals surface area contributed by atoms with Crippen molar-refractivity contribution in [2.75, 3.05) is 11.1 Å². The number of nitrogens with two attached hydrogens (primary N) is 1.